The summed E-state index contributed by atoms with van der Waals surface area (Å²) in [6.07, 6.45) is -2.21. The van der Waals surface area contributed by atoms with Crippen LogP contribution in [0.2, 0.25) is 0 Å². The predicted octanol–water partition coefficient (Wildman–Crippen LogP) is 1.87. The monoisotopic (exact) mass is 224 g/mol. The standard InChI is InChI=1S/C10H19F3N2/c1-3-8-4-9(6-15(2)5-8)14-7-10(11,12)13/h8-9,14H,3-7H2,1-2H3. The number of rotatable bonds is 3. The van der Waals surface area contributed by atoms with Gasteiger partial charge in [-0.05, 0) is 19.4 Å². The highest BCUT2D eigenvalue weighted by Gasteiger charge is 2.30. The van der Waals surface area contributed by atoms with E-state index in [4.69, 9.17) is 0 Å². The molecule has 0 radical (unpaired) electrons. The summed E-state index contributed by atoms with van der Waals surface area (Å²) in [4.78, 5) is 2.10. The van der Waals surface area contributed by atoms with Crippen LogP contribution in [0.1, 0.15) is 19.8 Å². The Balaban J connectivity index is 2.35. The van der Waals surface area contributed by atoms with Crippen molar-refractivity contribution in [3.63, 3.8) is 0 Å². The zero-order valence-electron chi connectivity index (χ0n) is 9.27. The largest absolute Gasteiger partial charge is 0.401 e. The van der Waals surface area contributed by atoms with Gasteiger partial charge in [-0.2, -0.15) is 13.2 Å². The van der Waals surface area contributed by atoms with E-state index < -0.39 is 12.7 Å². The Bertz CT molecular complexity index is 194. The maximum absolute atomic E-state index is 12.0. The third-order valence-electron chi connectivity index (χ3n) is 2.89. The summed E-state index contributed by atoms with van der Waals surface area (Å²) < 4.78 is 36.0. The molecule has 1 rings (SSSR count). The fourth-order valence-corrected chi connectivity index (χ4v) is 2.15. The Kier molecular flexibility index (Phi) is 4.40. The Labute approximate surface area is 88.8 Å². The van der Waals surface area contributed by atoms with E-state index in [1.165, 1.54) is 0 Å². The average Bonchev–Trinajstić information content (AvgIpc) is 2.13. The number of alkyl halides is 3. The predicted molar refractivity (Wildman–Crippen MR) is 53.7 cm³/mol. The summed E-state index contributed by atoms with van der Waals surface area (Å²) >= 11 is 0. The smallest absolute Gasteiger partial charge is 0.305 e. The highest BCUT2D eigenvalue weighted by molar-refractivity contribution is 4.82. The number of halogens is 3. The van der Waals surface area contributed by atoms with Gasteiger partial charge in [0, 0.05) is 19.1 Å². The van der Waals surface area contributed by atoms with Gasteiger partial charge >= 0.3 is 6.18 Å². The highest BCUT2D eigenvalue weighted by atomic mass is 19.4. The lowest BCUT2D eigenvalue weighted by atomic mass is 9.92. The van der Waals surface area contributed by atoms with Crippen LogP contribution < -0.4 is 5.32 Å². The first kappa shape index (κ1) is 12.8. The van der Waals surface area contributed by atoms with Crippen molar-refractivity contribution in [3.8, 4) is 0 Å². The van der Waals surface area contributed by atoms with Gasteiger partial charge < -0.3 is 10.2 Å². The van der Waals surface area contributed by atoms with Crippen molar-refractivity contribution in [2.45, 2.75) is 32.0 Å². The molecule has 1 aliphatic heterocycles. The second kappa shape index (κ2) is 5.16. The molecular weight excluding hydrogens is 205 g/mol. The Morgan fingerprint density at radius 3 is 2.53 bits per heavy atom. The molecule has 2 atom stereocenters. The van der Waals surface area contributed by atoms with Crippen LogP contribution in [-0.2, 0) is 0 Å². The normalized spacial score (nSPS) is 29.4. The summed E-state index contributed by atoms with van der Waals surface area (Å²) in [5.74, 6) is 0.523. The van der Waals surface area contributed by atoms with Crippen molar-refractivity contribution in [1.82, 2.24) is 10.2 Å². The molecule has 1 saturated heterocycles. The van der Waals surface area contributed by atoms with E-state index in [1.54, 1.807) is 0 Å². The van der Waals surface area contributed by atoms with Crippen LogP contribution in [0.15, 0.2) is 0 Å². The number of nitrogens with zero attached hydrogens (tertiary/aromatic N) is 1. The Morgan fingerprint density at radius 1 is 1.33 bits per heavy atom. The lowest BCUT2D eigenvalue weighted by Gasteiger charge is -2.35. The quantitative estimate of drug-likeness (QED) is 0.787. The molecule has 1 fully saturated rings. The third kappa shape index (κ3) is 4.84. The summed E-state index contributed by atoms with van der Waals surface area (Å²) in [7, 11) is 1.96. The van der Waals surface area contributed by atoms with E-state index >= 15 is 0 Å². The van der Waals surface area contributed by atoms with Gasteiger partial charge in [0.25, 0.3) is 0 Å². The van der Waals surface area contributed by atoms with Crippen LogP contribution in [0, 0.1) is 5.92 Å². The number of piperidine rings is 1. The van der Waals surface area contributed by atoms with Crippen LogP contribution in [0.4, 0.5) is 13.2 Å². The van der Waals surface area contributed by atoms with Gasteiger partial charge in [0.2, 0.25) is 0 Å². The molecule has 1 aliphatic rings. The van der Waals surface area contributed by atoms with Crippen molar-refractivity contribution in [3.05, 3.63) is 0 Å². The van der Waals surface area contributed by atoms with Crippen molar-refractivity contribution in [2.75, 3.05) is 26.7 Å². The maximum atomic E-state index is 12.0. The number of nitrogens with one attached hydrogen (secondary N) is 1. The highest BCUT2D eigenvalue weighted by Crippen LogP contribution is 2.20. The number of hydrogen-bond donors (Lipinski definition) is 1. The van der Waals surface area contributed by atoms with Crippen LogP contribution >= 0.6 is 0 Å². The first-order chi connectivity index (χ1) is 6.90. The summed E-state index contributed by atoms with van der Waals surface area (Å²) in [6, 6.07) is -0.0182. The lowest BCUT2D eigenvalue weighted by molar-refractivity contribution is -0.127. The van der Waals surface area contributed by atoms with E-state index in [2.05, 4.69) is 17.1 Å². The molecular formula is C10H19F3N2. The average molecular weight is 224 g/mol. The first-order valence-corrected chi connectivity index (χ1v) is 5.39. The zero-order valence-corrected chi connectivity index (χ0v) is 9.27. The minimum Gasteiger partial charge on any atom is -0.305 e. The zero-order chi connectivity index (χ0) is 11.5. The molecule has 0 bridgehead atoms. The third-order valence-corrected chi connectivity index (χ3v) is 2.89. The van der Waals surface area contributed by atoms with Crippen LogP contribution in [0.3, 0.4) is 0 Å². The fraction of sp³-hybridized carbons (Fsp3) is 1.00. The molecule has 2 nitrogen and oxygen atoms in total. The maximum Gasteiger partial charge on any atom is 0.401 e. The Hall–Kier alpha value is -0.290. The second-order valence-corrected chi connectivity index (χ2v) is 4.42. The molecule has 90 valence electrons. The molecule has 5 heteroatoms. The summed E-state index contributed by atoms with van der Waals surface area (Å²) in [5.41, 5.74) is 0. The van der Waals surface area contributed by atoms with E-state index in [0.717, 1.165) is 19.4 Å². The Morgan fingerprint density at radius 2 is 2.00 bits per heavy atom. The van der Waals surface area contributed by atoms with Gasteiger partial charge in [0.15, 0.2) is 0 Å². The van der Waals surface area contributed by atoms with Crippen LogP contribution in [0.5, 0.6) is 0 Å². The van der Waals surface area contributed by atoms with Gasteiger partial charge in [-0.25, -0.2) is 0 Å². The number of likely N-dealkylation sites (N-methyl/N-ethyl adjacent to an activating group) is 1. The molecule has 0 spiro atoms. The fourth-order valence-electron chi connectivity index (χ4n) is 2.15. The van der Waals surface area contributed by atoms with E-state index in [0.29, 0.717) is 12.5 Å². The van der Waals surface area contributed by atoms with Crippen molar-refractivity contribution in [1.29, 1.82) is 0 Å². The van der Waals surface area contributed by atoms with Gasteiger partial charge in [-0.1, -0.05) is 13.3 Å². The lowest BCUT2D eigenvalue weighted by Crippen LogP contribution is -2.49. The van der Waals surface area contributed by atoms with Crippen LogP contribution in [0.25, 0.3) is 0 Å². The molecule has 1 N–H and O–H groups in total. The molecule has 15 heavy (non-hydrogen) atoms. The molecule has 0 saturated carbocycles. The topological polar surface area (TPSA) is 15.3 Å². The van der Waals surface area contributed by atoms with Gasteiger partial charge in [-0.3, -0.25) is 0 Å². The summed E-state index contributed by atoms with van der Waals surface area (Å²) in [5, 5.41) is 2.59. The van der Waals surface area contributed by atoms with Gasteiger partial charge in [-0.15, -0.1) is 0 Å². The van der Waals surface area contributed by atoms with Crippen molar-refractivity contribution in [2.24, 2.45) is 5.92 Å². The van der Waals surface area contributed by atoms with Crippen molar-refractivity contribution >= 4 is 0 Å². The van der Waals surface area contributed by atoms with Gasteiger partial charge in [0.05, 0.1) is 6.54 Å². The first-order valence-electron chi connectivity index (χ1n) is 5.39. The number of hydrogen-bond acceptors (Lipinski definition) is 2. The summed E-state index contributed by atoms with van der Waals surface area (Å²) in [6.45, 7) is 2.93. The van der Waals surface area contributed by atoms with E-state index in [1.807, 2.05) is 7.05 Å². The minimum atomic E-state index is -4.10. The van der Waals surface area contributed by atoms with Crippen molar-refractivity contribution < 1.29 is 13.2 Å². The van der Waals surface area contributed by atoms with E-state index in [-0.39, 0.29) is 6.04 Å². The molecule has 1 heterocycles. The second-order valence-electron chi connectivity index (χ2n) is 4.42. The SMILES string of the molecule is CCC1CC(NCC(F)(F)F)CN(C)C1. The minimum absolute atomic E-state index is 0.0182. The molecule has 0 aromatic carbocycles. The molecule has 0 aromatic rings. The van der Waals surface area contributed by atoms with Crippen LogP contribution in [-0.4, -0.2) is 43.8 Å². The molecule has 0 aliphatic carbocycles. The van der Waals surface area contributed by atoms with E-state index in [9.17, 15) is 13.2 Å². The molecule has 2 unspecified atom stereocenters. The molecule has 0 aromatic heterocycles. The molecule has 0 amide bonds. The van der Waals surface area contributed by atoms with Gasteiger partial charge in [0.1, 0.15) is 0 Å². The number of likely N-dealkylation sites (tertiary alicyclic amines) is 1.